The number of nitrogens with two attached hydrogens (primary N) is 2. The Morgan fingerprint density at radius 1 is 0.750 bits per heavy atom. The average molecular weight is 467 g/mol. The summed E-state index contributed by atoms with van der Waals surface area (Å²) < 4.78 is 3.16. The van der Waals surface area contributed by atoms with Crippen molar-refractivity contribution in [2.45, 2.75) is 13.1 Å². The molecule has 0 bridgehead atoms. The lowest BCUT2D eigenvalue weighted by Crippen LogP contribution is -2.27. The zero-order valence-corrected chi connectivity index (χ0v) is 18.4. The molecule has 0 atom stereocenters. The maximum atomic E-state index is 13.6. The molecule has 0 spiro atoms. The number of nitrogens with zero attached hydrogens (tertiary/aromatic N) is 2. The maximum Gasteiger partial charge on any atom is 0.329 e. The van der Waals surface area contributed by atoms with Gasteiger partial charge in [-0.3, -0.25) is 20.0 Å². The molecule has 0 unspecified atom stereocenters. The van der Waals surface area contributed by atoms with Gasteiger partial charge in [0.25, 0.3) is 0 Å². The van der Waals surface area contributed by atoms with Crippen LogP contribution >= 0.6 is 23.2 Å². The van der Waals surface area contributed by atoms with Gasteiger partial charge >= 0.3 is 5.69 Å². The van der Waals surface area contributed by atoms with E-state index in [0.29, 0.717) is 32.2 Å². The number of imidazole rings is 1. The largest absolute Gasteiger partial charge is 0.384 e. The Hall–Kier alpha value is -3.55. The molecular weight excluding hydrogens is 447 g/mol. The fourth-order valence-corrected chi connectivity index (χ4v) is 4.11. The highest BCUT2D eigenvalue weighted by Gasteiger charge is 2.18. The number of halogens is 2. The second-order valence-corrected chi connectivity index (χ2v) is 8.17. The summed E-state index contributed by atoms with van der Waals surface area (Å²) in [4.78, 5) is 13.6. The van der Waals surface area contributed by atoms with Gasteiger partial charge in [0.1, 0.15) is 11.7 Å². The van der Waals surface area contributed by atoms with Gasteiger partial charge in [-0.1, -0.05) is 71.7 Å². The number of amidine groups is 2. The Kier molecular flexibility index (Phi) is 5.78. The van der Waals surface area contributed by atoms with Crippen molar-refractivity contribution >= 4 is 45.9 Å². The molecule has 0 radical (unpaired) electrons. The van der Waals surface area contributed by atoms with Gasteiger partial charge in [-0.25, -0.2) is 4.79 Å². The van der Waals surface area contributed by atoms with Crippen LogP contribution in [0.3, 0.4) is 0 Å². The quantitative estimate of drug-likeness (QED) is 0.255. The molecule has 4 rings (SSSR count). The van der Waals surface area contributed by atoms with Gasteiger partial charge in [-0.2, -0.15) is 0 Å². The molecule has 0 fully saturated rings. The molecule has 4 aromatic rings. The predicted octanol–water partition coefficient (Wildman–Crippen LogP) is 3.77. The summed E-state index contributed by atoms with van der Waals surface area (Å²) in [7, 11) is 0. The summed E-state index contributed by atoms with van der Waals surface area (Å²) in [5.41, 5.74) is 15.0. The smallest absolute Gasteiger partial charge is 0.329 e. The number of nitrogens with one attached hydrogen (secondary N) is 2. The zero-order valence-electron chi connectivity index (χ0n) is 16.9. The molecule has 3 aromatic carbocycles. The van der Waals surface area contributed by atoms with Crippen molar-refractivity contribution in [3.05, 3.63) is 103 Å². The Bertz CT molecular complexity index is 1330. The second-order valence-electron chi connectivity index (χ2n) is 7.35. The third-order valence-electron chi connectivity index (χ3n) is 5.33. The van der Waals surface area contributed by atoms with Crippen molar-refractivity contribution in [1.29, 1.82) is 10.8 Å². The Morgan fingerprint density at radius 3 is 1.50 bits per heavy atom. The van der Waals surface area contributed by atoms with Crippen molar-refractivity contribution < 1.29 is 0 Å². The number of aromatic nitrogens is 2. The number of benzene rings is 3. The van der Waals surface area contributed by atoms with Crippen LogP contribution in [0.1, 0.15) is 22.3 Å². The number of hydrogen-bond acceptors (Lipinski definition) is 3. The van der Waals surface area contributed by atoms with E-state index < -0.39 is 0 Å². The van der Waals surface area contributed by atoms with E-state index in [1.807, 2.05) is 24.3 Å². The molecule has 1 heterocycles. The van der Waals surface area contributed by atoms with E-state index >= 15 is 0 Å². The van der Waals surface area contributed by atoms with Gasteiger partial charge in [0.2, 0.25) is 0 Å². The fraction of sp³-hybridized carbons (Fsp3) is 0.0870. The van der Waals surface area contributed by atoms with E-state index in [-0.39, 0.29) is 30.5 Å². The van der Waals surface area contributed by atoms with Crippen LogP contribution in [-0.2, 0) is 13.1 Å². The molecule has 6 N–H and O–H groups in total. The first-order valence-corrected chi connectivity index (χ1v) is 10.5. The van der Waals surface area contributed by atoms with Crippen molar-refractivity contribution in [3.8, 4) is 0 Å². The summed E-state index contributed by atoms with van der Waals surface area (Å²) >= 11 is 12.6. The first-order valence-electron chi connectivity index (χ1n) is 9.70. The van der Waals surface area contributed by atoms with Gasteiger partial charge in [0.15, 0.2) is 0 Å². The molecule has 162 valence electrons. The number of fused-ring (bicyclic) bond motifs is 1. The third-order valence-corrected chi connectivity index (χ3v) is 6.06. The Labute approximate surface area is 193 Å². The SMILES string of the molecule is N=C(N)c1ccccc1Cn1c(=O)n(Cc2ccccc2C(=N)N)c2cc(Cl)c(Cl)cc21. The van der Waals surface area contributed by atoms with Crippen LogP contribution in [0.25, 0.3) is 11.0 Å². The summed E-state index contributed by atoms with van der Waals surface area (Å²) in [6, 6.07) is 17.7. The van der Waals surface area contributed by atoms with E-state index in [4.69, 9.17) is 45.5 Å². The topological polar surface area (TPSA) is 127 Å². The zero-order chi connectivity index (χ0) is 23.0. The summed E-state index contributed by atoms with van der Waals surface area (Å²) in [6.07, 6.45) is 0. The van der Waals surface area contributed by atoms with Gasteiger partial charge in [0, 0.05) is 11.1 Å². The standard InChI is InChI=1S/C23H20Cl2N6O/c24-17-9-19-20(10-18(17)25)31(12-14-6-2-4-8-16(14)22(28)29)23(32)30(19)11-13-5-1-3-7-15(13)21(26)27/h1-10H,11-12H2,(H3,26,27)(H3,28,29). The lowest BCUT2D eigenvalue weighted by Gasteiger charge is -2.10. The number of rotatable bonds is 6. The number of hydrogen-bond donors (Lipinski definition) is 4. The normalized spacial score (nSPS) is 11.1. The minimum atomic E-state index is -0.282. The van der Waals surface area contributed by atoms with Crippen LogP contribution in [0.2, 0.25) is 10.0 Å². The monoisotopic (exact) mass is 466 g/mol. The summed E-state index contributed by atoms with van der Waals surface area (Å²) in [6.45, 7) is 0.398. The predicted molar refractivity (Wildman–Crippen MR) is 129 cm³/mol. The van der Waals surface area contributed by atoms with Crippen LogP contribution in [0.5, 0.6) is 0 Å². The molecular formula is C23H20Cl2N6O. The van der Waals surface area contributed by atoms with Crippen LogP contribution in [-0.4, -0.2) is 20.8 Å². The molecule has 0 amide bonds. The first kappa shape index (κ1) is 21.7. The van der Waals surface area contributed by atoms with E-state index in [2.05, 4.69) is 0 Å². The van der Waals surface area contributed by atoms with Crippen LogP contribution in [0.15, 0.2) is 65.5 Å². The molecule has 32 heavy (non-hydrogen) atoms. The van der Waals surface area contributed by atoms with Gasteiger partial charge in [-0.15, -0.1) is 0 Å². The maximum absolute atomic E-state index is 13.6. The highest BCUT2D eigenvalue weighted by molar-refractivity contribution is 6.42. The van der Waals surface area contributed by atoms with Crippen molar-refractivity contribution in [2.24, 2.45) is 11.5 Å². The highest BCUT2D eigenvalue weighted by Crippen LogP contribution is 2.28. The Balaban J connectivity index is 1.92. The average Bonchev–Trinajstić information content (AvgIpc) is 3.00. The second kappa shape index (κ2) is 8.53. The molecule has 0 aliphatic rings. The molecule has 9 heteroatoms. The minimum absolute atomic E-state index is 0.0751. The number of nitrogen functional groups attached to an aromatic ring is 2. The van der Waals surface area contributed by atoms with E-state index in [1.54, 1.807) is 45.5 Å². The van der Waals surface area contributed by atoms with E-state index in [9.17, 15) is 4.79 Å². The minimum Gasteiger partial charge on any atom is -0.384 e. The first-order chi connectivity index (χ1) is 15.3. The molecule has 0 aliphatic heterocycles. The van der Waals surface area contributed by atoms with Crippen molar-refractivity contribution in [2.75, 3.05) is 0 Å². The van der Waals surface area contributed by atoms with E-state index in [0.717, 1.165) is 11.1 Å². The van der Waals surface area contributed by atoms with E-state index in [1.165, 1.54) is 0 Å². The summed E-state index contributed by atoms with van der Waals surface area (Å²) in [5.74, 6) is -0.150. The van der Waals surface area contributed by atoms with Gasteiger partial charge < -0.3 is 11.5 Å². The van der Waals surface area contributed by atoms with Crippen LogP contribution < -0.4 is 17.2 Å². The Morgan fingerprint density at radius 2 is 1.12 bits per heavy atom. The molecule has 0 saturated heterocycles. The summed E-state index contributed by atoms with van der Waals surface area (Å²) in [5, 5.41) is 16.4. The lowest BCUT2D eigenvalue weighted by atomic mass is 10.1. The van der Waals surface area contributed by atoms with Gasteiger partial charge in [-0.05, 0) is 23.3 Å². The molecule has 0 saturated carbocycles. The van der Waals surface area contributed by atoms with Crippen molar-refractivity contribution in [1.82, 2.24) is 9.13 Å². The molecule has 1 aromatic heterocycles. The molecule has 7 nitrogen and oxygen atoms in total. The van der Waals surface area contributed by atoms with Crippen molar-refractivity contribution in [3.63, 3.8) is 0 Å². The lowest BCUT2D eigenvalue weighted by molar-refractivity contribution is 0.700. The highest BCUT2D eigenvalue weighted by atomic mass is 35.5. The fourth-order valence-electron chi connectivity index (χ4n) is 3.80. The molecule has 0 aliphatic carbocycles. The third kappa shape index (κ3) is 3.88. The van der Waals surface area contributed by atoms with Crippen LogP contribution in [0.4, 0.5) is 0 Å². The van der Waals surface area contributed by atoms with Gasteiger partial charge in [0.05, 0.1) is 34.2 Å². The van der Waals surface area contributed by atoms with Crippen LogP contribution in [0, 0.1) is 10.8 Å².